The van der Waals surface area contributed by atoms with Gasteiger partial charge in [0.25, 0.3) is 0 Å². The summed E-state index contributed by atoms with van der Waals surface area (Å²) >= 11 is 0. The van der Waals surface area contributed by atoms with Crippen LogP contribution < -0.4 is 9.80 Å². The van der Waals surface area contributed by atoms with Crippen molar-refractivity contribution in [3.63, 3.8) is 0 Å². The Morgan fingerprint density at radius 2 is 1.37 bits per heavy atom. The molecule has 0 unspecified atom stereocenters. The lowest BCUT2D eigenvalue weighted by atomic mass is 10.2. The van der Waals surface area contributed by atoms with Gasteiger partial charge in [-0.25, -0.2) is 4.98 Å². The summed E-state index contributed by atoms with van der Waals surface area (Å²) < 4.78 is 0. The van der Waals surface area contributed by atoms with Gasteiger partial charge in [-0.15, -0.1) is 0 Å². The lowest BCUT2D eigenvalue weighted by Crippen LogP contribution is -2.18. The van der Waals surface area contributed by atoms with Crippen molar-refractivity contribution in [3.05, 3.63) is 64.8 Å². The molecule has 9 nitrogen and oxygen atoms in total. The highest BCUT2D eigenvalue weighted by Gasteiger charge is 2.23. The van der Waals surface area contributed by atoms with Crippen LogP contribution in [0.5, 0.6) is 11.5 Å². The maximum atomic E-state index is 11.4. The number of hydrogen-bond donors (Lipinski definition) is 2. The number of nitro groups is 1. The first-order chi connectivity index (χ1) is 12.9. The lowest BCUT2D eigenvalue weighted by molar-refractivity contribution is -0.384. The van der Waals surface area contributed by atoms with Gasteiger partial charge < -0.3 is 20.0 Å². The Hall–Kier alpha value is -3.88. The molecule has 0 atom stereocenters. The second kappa shape index (κ2) is 7.16. The molecule has 138 valence electrons. The molecular formula is C18H17N5O4. The fourth-order valence-electron chi connectivity index (χ4n) is 2.48. The van der Waals surface area contributed by atoms with Gasteiger partial charge in [0.05, 0.1) is 4.92 Å². The van der Waals surface area contributed by atoms with Crippen molar-refractivity contribution in [2.45, 2.75) is 0 Å². The van der Waals surface area contributed by atoms with Crippen molar-refractivity contribution in [1.82, 2.24) is 9.97 Å². The summed E-state index contributed by atoms with van der Waals surface area (Å²) in [6, 6.07) is 12.7. The number of phenolic OH excluding ortho intramolecular Hbond substituents is 2. The largest absolute Gasteiger partial charge is 0.508 e. The average molecular weight is 367 g/mol. The van der Waals surface area contributed by atoms with E-state index in [1.54, 1.807) is 48.2 Å². The smallest absolute Gasteiger partial charge is 0.330 e. The van der Waals surface area contributed by atoms with Crippen LogP contribution in [0.3, 0.4) is 0 Å². The number of aromatic hydroxyl groups is 2. The second-order valence-electron chi connectivity index (χ2n) is 5.79. The van der Waals surface area contributed by atoms with E-state index in [9.17, 15) is 20.3 Å². The Labute approximate surface area is 154 Å². The summed E-state index contributed by atoms with van der Waals surface area (Å²) in [5, 5.41) is 30.3. The first kappa shape index (κ1) is 17.9. The Morgan fingerprint density at radius 3 is 1.85 bits per heavy atom. The highest BCUT2D eigenvalue weighted by molar-refractivity contribution is 5.70. The number of rotatable bonds is 5. The maximum absolute atomic E-state index is 11.4. The SMILES string of the molecule is CN(c1ccc(O)cc1)c1ncc([N+](=O)[O-])c(N(C)c2ccc(O)cc2)n1. The normalized spacial score (nSPS) is 10.4. The zero-order valence-corrected chi connectivity index (χ0v) is 14.6. The minimum atomic E-state index is -0.545. The third kappa shape index (κ3) is 3.71. The van der Waals surface area contributed by atoms with Crippen molar-refractivity contribution >= 4 is 28.8 Å². The summed E-state index contributed by atoms with van der Waals surface area (Å²) in [7, 11) is 3.37. The molecule has 0 aliphatic rings. The van der Waals surface area contributed by atoms with Crippen LogP contribution in [0.2, 0.25) is 0 Å². The van der Waals surface area contributed by atoms with Crippen LogP contribution in [0.4, 0.5) is 28.8 Å². The van der Waals surface area contributed by atoms with E-state index in [0.29, 0.717) is 11.4 Å². The summed E-state index contributed by atoms with van der Waals surface area (Å²) in [6.45, 7) is 0. The van der Waals surface area contributed by atoms with Crippen LogP contribution in [0.1, 0.15) is 0 Å². The summed E-state index contributed by atoms with van der Waals surface area (Å²) in [6.07, 6.45) is 1.16. The van der Waals surface area contributed by atoms with E-state index in [1.165, 1.54) is 24.3 Å². The molecule has 0 amide bonds. The van der Waals surface area contributed by atoms with Gasteiger partial charge in [-0.1, -0.05) is 0 Å². The Morgan fingerprint density at radius 1 is 0.889 bits per heavy atom. The van der Waals surface area contributed by atoms with Crippen LogP contribution in [0, 0.1) is 10.1 Å². The molecule has 0 bridgehead atoms. The topological polar surface area (TPSA) is 116 Å². The second-order valence-corrected chi connectivity index (χ2v) is 5.79. The van der Waals surface area contributed by atoms with Crippen molar-refractivity contribution in [2.75, 3.05) is 23.9 Å². The van der Waals surface area contributed by atoms with Crippen LogP contribution in [-0.4, -0.2) is 39.2 Å². The zero-order valence-electron chi connectivity index (χ0n) is 14.6. The van der Waals surface area contributed by atoms with Crippen LogP contribution in [0.25, 0.3) is 0 Å². The minimum absolute atomic E-state index is 0.0945. The molecule has 0 radical (unpaired) electrons. The molecule has 3 aromatic rings. The van der Waals surface area contributed by atoms with Crippen LogP contribution >= 0.6 is 0 Å². The zero-order chi connectivity index (χ0) is 19.6. The number of hydrogen-bond acceptors (Lipinski definition) is 8. The van der Waals surface area contributed by atoms with Crippen LogP contribution in [-0.2, 0) is 0 Å². The van der Waals surface area contributed by atoms with Crippen LogP contribution in [0.15, 0.2) is 54.7 Å². The van der Waals surface area contributed by atoms with Crippen molar-refractivity contribution in [3.8, 4) is 11.5 Å². The molecule has 0 fully saturated rings. The number of nitrogens with zero attached hydrogens (tertiary/aromatic N) is 5. The van der Waals surface area contributed by atoms with Crippen molar-refractivity contribution < 1.29 is 15.1 Å². The molecule has 2 aromatic carbocycles. The number of aromatic nitrogens is 2. The summed E-state index contributed by atoms with van der Waals surface area (Å²) in [5.74, 6) is 0.592. The molecule has 27 heavy (non-hydrogen) atoms. The molecular weight excluding hydrogens is 350 g/mol. The van der Waals surface area contributed by atoms with Gasteiger partial charge in [0.1, 0.15) is 17.7 Å². The van der Waals surface area contributed by atoms with Gasteiger partial charge in [0, 0.05) is 25.5 Å². The van der Waals surface area contributed by atoms with Gasteiger partial charge in [-0.2, -0.15) is 4.98 Å². The Bertz CT molecular complexity index is 960. The predicted octanol–water partition coefficient (Wildman–Crippen LogP) is 3.33. The number of phenols is 2. The third-order valence-corrected chi connectivity index (χ3v) is 4.03. The third-order valence-electron chi connectivity index (χ3n) is 4.03. The molecule has 3 rings (SSSR count). The standard InChI is InChI=1S/C18H17N5O4/c1-21(12-3-7-14(24)8-4-12)17-16(23(26)27)11-19-18(20-17)22(2)13-5-9-15(25)10-6-13/h3-11,24-25H,1-2H3. The summed E-state index contributed by atoms with van der Waals surface area (Å²) in [5.41, 5.74) is 1.08. The van der Waals surface area contributed by atoms with E-state index >= 15 is 0 Å². The molecule has 2 N–H and O–H groups in total. The molecule has 0 aliphatic carbocycles. The van der Waals surface area contributed by atoms with Gasteiger partial charge in [-0.05, 0) is 48.5 Å². The minimum Gasteiger partial charge on any atom is -0.508 e. The maximum Gasteiger partial charge on any atom is 0.330 e. The summed E-state index contributed by atoms with van der Waals surface area (Å²) in [4.78, 5) is 22.5. The van der Waals surface area contributed by atoms with E-state index < -0.39 is 4.92 Å². The van der Waals surface area contributed by atoms with E-state index in [2.05, 4.69) is 9.97 Å². The fraction of sp³-hybridized carbons (Fsp3) is 0.111. The predicted molar refractivity (Wildman–Crippen MR) is 101 cm³/mol. The molecule has 0 saturated carbocycles. The lowest BCUT2D eigenvalue weighted by Gasteiger charge is -2.21. The highest BCUT2D eigenvalue weighted by atomic mass is 16.6. The molecule has 1 heterocycles. The van der Waals surface area contributed by atoms with E-state index in [1.807, 2.05) is 0 Å². The number of anilines is 4. The molecule has 0 spiro atoms. The molecule has 1 aromatic heterocycles. The molecule has 9 heteroatoms. The average Bonchev–Trinajstić information content (AvgIpc) is 2.67. The quantitative estimate of drug-likeness (QED) is 0.521. The van der Waals surface area contributed by atoms with E-state index in [0.717, 1.165) is 6.20 Å². The highest BCUT2D eigenvalue weighted by Crippen LogP contribution is 2.33. The number of benzene rings is 2. The van der Waals surface area contributed by atoms with Gasteiger partial charge in [-0.3, -0.25) is 10.1 Å². The van der Waals surface area contributed by atoms with Gasteiger partial charge >= 0.3 is 5.69 Å². The molecule has 0 saturated heterocycles. The monoisotopic (exact) mass is 367 g/mol. The van der Waals surface area contributed by atoms with Crippen molar-refractivity contribution in [2.24, 2.45) is 0 Å². The first-order valence-corrected chi connectivity index (χ1v) is 7.94. The van der Waals surface area contributed by atoms with Crippen molar-refractivity contribution in [1.29, 1.82) is 0 Å². The first-order valence-electron chi connectivity index (χ1n) is 7.94. The van der Waals surface area contributed by atoms with E-state index in [4.69, 9.17) is 0 Å². The Balaban J connectivity index is 2.03. The fourth-order valence-corrected chi connectivity index (χ4v) is 2.48. The van der Waals surface area contributed by atoms with Gasteiger partial charge in [0.2, 0.25) is 11.8 Å². The van der Waals surface area contributed by atoms with E-state index in [-0.39, 0.29) is 29.0 Å². The van der Waals surface area contributed by atoms with Gasteiger partial charge in [0.15, 0.2) is 0 Å². The molecule has 0 aliphatic heterocycles. The Kier molecular flexibility index (Phi) is 4.75.